The van der Waals surface area contributed by atoms with Crippen LogP contribution < -0.4 is 8.92 Å². The molecule has 0 radical (unpaired) electrons. The number of ether oxygens (including phenoxy) is 1. The third-order valence-corrected chi connectivity index (χ3v) is 8.00. The van der Waals surface area contributed by atoms with Crippen molar-refractivity contribution >= 4 is 15.8 Å². The fourth-order valence-electron chi connectivity index (χ4n) is 5.05. The number of nitro groups is 1. The van der Waals surface area contributed by atoms with Crippen molar-refractivity contribution in [1.82, 2.24) is 0 Å². The molecule has 34 heavy (non-hydrogen) atoms. The molecule has 2 atom stereocenters. The van der Waals surface area contributed by atoms with Gasteiger partial charge in [-0.3, -0.25) is 10.1 Å². The molecule has 4 rings (SSSR count). The van der Waals surface area contributed by atoms with Crippen LogP contribution in [0.15, 0.2) is 53.4 Å². The molecule has 2 aromatic carbocycles. The molecule has 2 aliphatic rings. The van der Waals surface area contributed by atoms with Gasteiger partial charge in [0.15, 0.2) is 5.75 Å². The molecule has 0 saturated carbocycles. The molecule has 182 valence electrons. The van der Waals surface area contributed by atoms with Crippen LogP contribution >= 0.6 is 0 Å². The second-order valence-electron chi connectivity index (χ2n) is 9.60. The summed E-state index contributed by atoms with van der Waals surface area (Å²) in [5.74, 6) is 1.04. The van der Waals surface area contributed by atoms with Gasteiger partial charge in [0.05, 0.1) is 4.92 Å². The highest BCUT2D eigenvalue weighted by Gasteiger charge is 2.45. The number of non-ortho nitro benzene ring substituents is 1. The van der Waals surface area contributed by atoms with Crippen LogP contribution in [-0.2, 0) is 16.5 Å². The van der Waals surface area contributed by atoms with Crippen molar-refractivity contribution in [2.24, 2.45) is 5.92 Å². The molecule has 1 aliphatic heterocycles. The molecule has 0 spiro atoms. The molecule has 2 aromatic rings. The number of nitrogens with zero attached hydrogens (tertiary/aromatic N) is 1. The van der Waals surface area contributed by atoms with E-state index in [4.69, 9.17) is 8.92 Å². The van der Waals surface area contributed by atoms with Gasteiger partial charge in [-0.2, -0.15) is 8.42 Å². The summed E-state index contributed by atoms with van der Waals surface area (Å²) in [5, 5.41) is 11.2. The van der Waals surface area contributed by atoms with E-state index in [1.165, 1.54) is 18.2 Å². The monoisotopic (exact) mass is 485 g/mol. The molecular weight excluding hydrogens is 454 g/mol. The summed E-state index contributed by atoms with van der Waals surface area (Å²) >= 11 is 0. The second-order valence-corrected chi connectivity index (χ2v) is 11.1. The molecule has 0 bridgehead atoms. The Balaban J connectivity index is 1.80. The van der Waals surface area contributed by atoms with Crippen LogP contribution in [0, 0.1) is 16.0 Å². The fraction of sp³-hybridized carbons (Fsp3) is 0.462. The Bertz CT molecular complexity index is 1220. The molecule has 1 aliphatic carbocycles. The fourth-order valence-corrected chi connectivity index (χ4v) is 6.03. The lowest BCUT2D eigenvalue weighted by molar-refractivity contribution is -0.385. The zero-order chi connectivity index (χ0) is 24.5. The van der Waals surface area contributed by atoms with Gasteiger partial charge >= 0.3 is 10.1 Å². The van der Waals surface area contributed by atoms with Crippen LogP contribution in [0.4, 0.5) is 5.69 Å². The van der Waals surface area contributed by atoms with E-state index in [1.54, 1.807) is 6.07 Å². The lowest BCUT2D eigenvalue weighted by Crippen LogP contribution is -2.45. The quantitative estimate of drug-likeness (QED) is 0.143. The van der Waals surface area contributed by atoms with Crippen molar-refractivity contribution in [3.63, 3.8) is 0 Å². The number of allylic oxidation sites excluding steroid dienone is 2. The first-order valence-corrected chi connectivity index (χ1v) is 13.2. The molecule has 2 unspecified atom stereocenters. The molecule has 0 saturated heterocycles. The number of fused-ring (bicyclic) bond motifs is 3. The summed E-state index contributed by atoms with van der Waals surface area (Å²) in [4.78, 5) is 10.3. The minimum atomic E-state index is -4.30. The molecule has 0 amide bonds. The Kier molecular flexibility index (Phi) is 6.71. The van der Waals surface area contributed by atoms with Gasteiger partial charge in [-0.15, -0.1) is 0 Å². The van der Waals surface area contributed by atoms with Crippen LogP contribution in [0.25, 0.3) is 0 Å². The maximum absolute atomic E-state index is 13.2. The number of aryl methyl sites for hydroxylation is 1. The molecule has 1 heterocycles. The third kappa shape index (κ3) is 4.82. The number of hydrogen-bond donors (Lipinski definition) is 0. The van der Waals surface area contributed by atoms with E-state index in [0.717, 1.165) is 55.7 Å². The maximum Gasteiger partial charge on any atom is 0.339 e. The lowest BCUT2D eigenvalue weighted by Gasteiger charge is -2.46. The van der Waals surface area contributed by atoms with Gasteiger partial charge in [0, 0.05) is 29.5 Å². The Morgan fingerprint density at radius 3 is 2.74 bits per heavy atom. The first-order valence-electron chi connectivity index (χ1n) is 11.8. The number of nitro benzene ring substituents is 1. The van der Waals surface area contributed by atoms with Gasteiger partial charge < -0.3 is 8.92 Å². The van der Waals surface area contributed by atoms with E-state index in [1.807, 2.05) is 6.07 Å². The molecule has 0 aromatic heterocycles. The zero-order valence-electron chi connectivity index (χ0n) is 19.8. The van der Waals surface area contributed by atoms with Crippen LogP contribution in [0.1, 0.15) is 69.9 Å². The van der Waals surface area contributed by atoms with E-state index >= 15 is 0 Å². The Labute approximate surface area is 201 Å². The van der Waals surface area contributed by atoms with Crippen LogP contribution in [0.5, 0.6) is 11.5 Å². The first kappa shape index (κ1) is 24.3. The molecule has 0 fully saturated rings. The summed E-state index contributed by atoms with van der Waals surface area (Å²) < 4.78 is 38.6. The van der Waals surface area contributed by atoms with Gasteiger partial charge in [-0.05, 0) is 63.3 Å². The number of unbranched alkanes of at least 4 members (excludes halogenated alkanes) is 2. The Hall–Kier alpha value is -2.87. The predicted molar refractivity (Wildman–Crippen MR) is 130 cm³/mol. The first-order chi connectivity index (χ1) is 16.1. The largest absolute Gasteiger partial charge is 0.487 e. The summed E-state index contributed by atoms with van der Waals surface area (Å²) in [6.07, 6.45) is 10.0. The number of rotatable bonds is 8. The summed E-state index contributed by atoms with van der Waals surface area (Å²) in [6.45, 7) is 6.29. The van der Waals surface area contributed by atoms with Gasteiger partial charge in [0.2, 0.25) is 0 Å². The average Bonchev–Trinajstić information content (AvgIpc) is 2.78. The van der Waals surface area contributed by atoms with Crippen molar-refractivity contribution in [3.8, 4) is 11.5 Å². The molecule has 7 nitrogen and oxygen atoms in total. The Morgan fingerprint density at radius 2 is 2.00 bits per heavy atom. The SMILES string of the molecule is CCCCCc1cc2c(c(OS(=O)(=O)c3cccc([N+](=O)[O-])c3)c1)C1C=CCCC1C(C)(C)O2. The minimum absolute atomic E-state index is 0.0347. The highest BCUT2D eigenvalue weighted by atomic mass is 32.2. The number of benzene rings is 2. The smallest absolute Gasteiger partial charge is 0.339 e. The van der Waals surface area contributed by atoms with Crippen LogP contribution in [-0.4, -0.2) is 18.9 Å². The topological polar surface area (TPSA) is 95.7 Å². The average molecular weight is 486 g/mol. The minimum Gasteiger partial charge on any atom is -0.487 e. The summed E-state index contributed by atoms with van der Waals surface area (Å²) in [6, 6.07) is 8.74. The zero-order valence-corrected chi connectivity index (χ0v) is 20.6. The lowest BCUT2D eigenvalue weighted by atomic mass is 9.69. The van der Waals surface area contributed by atoms with E-state index in [2.05, 4.69) is 32.9 Å². The summed E-state index contributed by atoms with van der Waals surface area (Å²) in [5.41, 5.74) is 0.972. The highest BCUT2D eigenvalue weighted by Crippen LogP contribution is 2.53. The van der Waals surface area contributed by atoms with Crippen LogP contribution in [0.2, 0.25) is 0 Å². The van der Waals surface area contributed by atoms with Gasteiger partial charge in [0.1, 0.15) is 16.2 Å². The molecule has 8 heteroatoms. The standard InChI is InChI=1S/C26H31NO6S/c1-4-5-6-10-18-15-23-25(21-13-7-8-14-22(21)26(2,3)32-23)24(16-18)33-34(30,31)20-12-9-11-19(17-20)27(28)29/h7,9,11-13,15-17,21-22H,4-6,8,10,14H2,1-3H3. The molecule has 0 N–H and O–H groups in total. The van der Waals surface area contributed by atoms with E-state index in [0.29, 0.717) is 5.75 Å². The van der Waals surface area contributed by atoms with Gasteiger partial charge in [-0.1, -0.05) is 38.0 Å². The van der Waals surface area contributed by atoms with Gasteiger partial charge in [-0.25, -0.2) is 0 Å². The Morgan fingerprint density at radius 1 is 1.21 bits per heavy atom. The highest BCUT2D eigenvalue weighted by molar-refractivity contribution is 7.87. The summed E-state index contributed by atoms with van der Waals surface area (Å²) in [7, 11) is -4.30. The third-order valence-electron chi connectivity index (χ3n) is 6.77. The van der Waals surface area contributed by atoms with E-state index < -0.39 is 20.6 Å². The second kappa shape index (κ2) is 9.41. The van der Waals surface area contributed by atoms with Crippen molar-refractivity contribution < 1.29 is 22.3 Å². The van der Waals surface area contributed by atoms with Crippen LogP contribution in [0.3, 0.4) is 0 Å². The van der Waals surface area contributed by atoms with E-state index in [-0.39, 0.29) is 28.2 Å². The van der Waals surface area contributed by atoms with Crippen molar-refractivity contribution in [1.29, 1.82) is 0 Å². The molecular formula is C26H31NO6S. The van der Waals surface area contributed by atoms with Crippen molar-refractivity contribution in [2.75, 3.05) is 0 Å². The van der Waals surface area contributed by atoms with Crippen molar-refractivity contribution in [3.05, 3.63) is 69.8 Å². The van der Waals surface area contributed by atoms with Gasteiger partial charge in [0.25, 0.3) is 5.69 Å². The van der Waals surface area contributed by atoms with E-state index in [9.17, 15) is 18.5 Å². The van der Waals surface area contributed by atoms with Crippen molar-refractivity contribution in [2.45, 2.75) is 75.7 Å². The normalized spacial score (nSPS) is 20.7. The maximum atomic E-state index is 13.2. The number of hydrogen-bond acceptors (Lipinski definition) is 6. The predicted octanol–water partition coefficient (Wildman–Crippen LogP) is 6.32.